The number of hydrogen-bond acceptors (Lipinski definition) is 4. The molecule has 2 heterocycles. The smallest absolute Gasteiger partial charge is 0.325 e. The number of ether oxygens (including phenoxy) is 1. The molecule has 1 aliphatic rings. The van der Waals surface area contributed by atoms with Gasteiger partial charge in [0.15, 0.2) is 11.6 Å². The average molecular weight is 350 g/mol. The number of urea groups is 1. The number of amides is 2. The molecule has 1 aromatic carbocycles. The summed E-state index contributed by atoms with van der Waals surface area (Å²) in [5.74, 6) is -2.65. The van der Waals surface area contributed by atoms with Crippen LogP contribution in [-0.2, 0) is 16.0 Å². The Bertz CT molecular complexity index is 808. The number of carbonyl (C=O) groups excluding carboxylic acids is 2. The van der Waals surface area contributed by atoms with Gasteiger partial charge in [0.1, 0.15) is 12.6 Å². The van der Waals surface area contributed by atoms with E-state index in [1.807, 2.05) is 0 Å². The lowest BCUT2D eigenvalue weighted by Gasteiger charge is -2.35. The fourth-order valence-corrected chi connectivity index (χ4v) is 2.86. The van der Waals surface area contributed by atoms with Crippen LogP contribution in [0.25, 0.3) is 0 Å². The molecule has 2 amide bonds. The van der Waals surface area contributed by atoms with Gasteiger partial charge in [-0.3, -0.25) is 4.79 Å². The van der Waals surface area contributed by atoms with Crippen LogP contribution in [-0.4, -0.2) is 47.1 Å². The first-order valence-electron chi connectivity index (χ1n) is 7.60. The highest BCUT2D eigenvalue weighted by Crippen LogP contribution is 2.35. The van der Waals surface area contributed by atoms with E-state index in [9.17, 15) is 18.4 Å². The van der Waals surface area contributed by atoms with Crippen LogP contribution in [0.1, 0.15) is 23.0 Å². The van der Waals surface area contributed by atoms with Gasteiger partial charge in [-0.25, -0.2) is 18.6 Å². The number of nitrogens with zero attached hydrogens (tertiary/aromatic N) is 2. The fraction of sp³-hybridized carbons (Fsp3) is 0.312. The maximum atomic E-state index is 14.3. The summed E-state index contributed by atoms with van der Waals surface area (Å²) in [6, 6.07) is 2.30. The van der Waals surface area contributed by atoms with E-state index < -0.39 is 29.7 Å². The number of rotatable bonds is 3. The summed E-state index contributed by atoms with van der Waals surface area (Å²) in [4.78, 5) is 32.2. The molecule has 0 aliphatic carbocycles. The molecule has 0 spiro atoms. The van der Waals surface area contributed by atoms with Crippen LogP contribution < -0.4 is 5.32 Å². The van der Waals surface area contributed by atoms with Gasteiger partial charge in [-0.05, 0) is 6.07 Å². The Morgan fingerprint density at radius 2 is 2.24 bits per heavy atom. The first kappa shape index (κ1) is 16.9. The van der Waals surface area contributed by atoms with Crippen LogP contribution >= 0.6 is 0 Å². The lowest BCUT2D eigenvalue weighted by molar-refractivity contribution is -0.139. The largest absolute Gasteiger partial charge is 0.468 e. The average Bonchev–Trinajstić information content (AvgIpc) is 3.09. The van der Waals surface area contributed by atoms with Crippen molar-refractivity contribution < 1.29 is 23.1 Å². The Kier molecular flexibility index (Phi) is 4.64. The van der Waals surface area contributed by atoms with Crippen molar-refractivity contribution in [3.05, 3.63) is 53.1 Å². The second-order valence-corrected chi connectivity index (χ2v) is 5.49. The van der Waals surface area contributed by atoms with E-state index in [2.05, 4.69) is 20.0 Å². The molecule has 132 valence electrons. The number of carbonyl (C=O) groups is 2. The highest BCUT2D eigenvalue weighted by molar-refractivity contribution is 5.81. The second-order valence-electron chi connectivity index (χ2n) is 5.49. The molecular weight excluding hydrogens is 334 g/mol. The van der Waals surface area contributed by atoms with Gasteiger partial charge in [0.2, 0.25) is 0 Å². The second kappa shape index (κ2) is 6.88. The van der Waals surface area contributed by atoms with Gasteiger partial charge in [0, 0.05) is 24.2 Å². The molecule has 7 nitrogen and oxygen atoms in total. The van der Waals surface area contributed by atoms with Crippen molar-refractivity contribution in [2.24, 2.45) is 0 Å². The van der Waals surface area contributed by atoms with E-state index >= 15 is 0 Å². The summed E-state index contributed by atoms with van der Waals surface area (Å²) in [7, 11) is 1.20. The maximum absolute atomic E-state index is 14.3. The van der Waals surface area contributed by atoms with Crippen LogP contribution in [0.15, 0.2) is 24.5 Å². The zero-order valence-corrected chi connectivity index (χ0v) is 13.4. The molecule has 0 saturated carbocycles. The molecule has 9 heteroatoms. The lowest BCUT2D eigenvalue weighted by Crippen LogP contribution is -2.47. The van der Waals surface area contributed by atoms with Gasteiger partial charge in [0.05, 0.1) is 19.1 Å². The van der Waals surface area contributed by atoms with Gasteiger partial charge in [-0.15, -0.1) is 0 Å². The minimum Gasteiger partial charge on any atom is -0.468 e. The molecule has 3 rings (SSSR count). The van der Waals surface area contributed by atoms with Gasteiger partial charge in [0.25, 0.3) is 0 Å². The van der Waals surface area contributed by atoms with Gasteiger partial charge >= 0.3 is 12.0 Å². The number of fused-ring (bicyclic) bond motifs is 1. The molecular formula is C16H16F2N4O3. The zero-order valence-electron chi connectivity index (χ0n) is 13.4. The minimum atomic E-state index is -1.03. The monoisotopic (exact) mass is 350 g/mol. The van der Waals surface area contributed by atoms with Crippen molar-refractivity contribution in [3.63, 3.8) is 0 Å². The molecule has 0 radical (unpaired) electrons. The number of H-pyrrole nitrogens is 1. The van der Waals surface area contributed by atoms with E-state index in [0.717, 1.165) is 11.8 Å². The number of imidazole rings is 1. The maximum Gasteiger partial charge on any atom is 0.325 e. The molecule has 1 atom stereocenters. The first-order chi connectivity index (χ1) is 12.0. The number of aromatic nitrogens is 2. The normalized spacial score (nSPS) is 16.3. The number of aromatic amines is 1. The Hall–Kier alpha value is -2.97. The number of nitrogens with one attached hydrogen (secondary N) is 2. The molecule has 2 N–H and O–H groups in total. The van der Waals surface area contributed by atoms with E-state index in [1.165, 1.54) is 30.5 Å². The number of hydrogen-bond donors (Lipinski definition) is 2. The predicted octanol–water partition coefficient (Wildman–Crippen LogP) is 1.52. The predicted molar refractivity (Wildman–Crippen MR) is 82.6 cm³/mol. The van der Waals surface area contributed by atoms with Crippen LogP contribution in [0.2, 0.25) is 0 Å². The summed E-state index contributed by atoms with van der Waals surface area (Å²) in [5, 5.41) is 2.42. The van der Waals surface area contributed by atoms with E-state index in [0.29, 0.717) is 12.1 Å². The van der Waals surface area contributed by atoms with Crippen LogP contribution in [0, 0.1) is 11.6 Å². The molecule has 0 fully saturated rings. The molecule has 0 bridgehead atoms. The third-order valence-electron chi connectivity index (χ3n) is 4.07. The van der Waals surface area contributed by atoms with Gasteiger partial charge in [-0.1, -0.05) is 12.1 Å². The summed E-state index contributed by atoms with van der Waals surface area (Å²) in [5.41, 5.74) is 1.20. The van der Waals surface area contributed by atoms with Crippen molar-refractivity contribution in [3.8, 4) is 0 Å². The lowest BCUT2D eigenvalue weighted by atomic mass is 9.95. The number of esters is 1. The fourth-order valence-electron chi connectivity index (χ4n) is 2.86. The van der Waals surface area contributed by atoms with Crippen LogP contribution in [0.4, 0.5) is 13.6 Å². The number of benzene rings is 1. The summed E-state index contributed by atoms with van der Waals surface area (Å²) >= 11 is 0. The molecule has 1 aromatic heterocycles. The summed E-state index contributed by atoms with van der Waals surface area (Å²) in [6.07, 6.45) is 1.93. The standard InChI is InChI=1S/C16H16F2N4O3/c1-25-12(23)7-19-16(24)22-6-5-11-14(21-8-20-11)15(22)9-3-2-4-10(17)13(9)18/h2-4,8,15H,5-7H2,1H3,(H,19,24)(H,20,21)/t15-/m0/s1. The van der Waals surface area contributed by atoms with Crippen molar-refractivity contribution >= 4 is 12.0 Å². The quantitative estimate of drug-likeness (QED) is 0.822. The van der Waals surface area contributed by atoms with Crippen molar-refractivity contribution in [2.45, 2.75) is 12.5 Å². The zero-order chi connectivity index (χ0) is 18.0. The van der Waals surface area contributed by atoms with E-state index in [4.69, 9.17) is 0 Å². The van der Waals surface area contributed by atoms with Crippen LogP contribution in [0.5, 0.6) is 0 Å². The molecule has 0 saturated heterocycles. The highest BCUT2D eigenvalue weighted by Gasteiger charge is 2.36. The van der Waals surface area contributed by atoms with E-state index in [1.54, 1.807) is 0 Å². The Morgan fingerprint density at radius 1 is 1.44 bits per heavy atom. The van der Waals surface area contributed by atoms with Gasteiger partial charge in [-0.2, -0.15) is 0 Å². The first-order valence-corrected chi connectivity index (χ1v) is 7.60. The van der Waals surface area contributed by atoms with E-state index in [-0.39, 0.29) is 18.7 Å². The van der Waals surface area contributed by atoms with Crippen molar-refractivity contribution in [1.29, 1.82) is 0 Å². The third kappa shape index (κ3) is 3.17. The SMILES string of the molecule is COC(=O)CNC(=O)N1CCc2[nH]cnc2[C@@H]1c1cccc(F)c1F. The van der Waals surface area contributed by atoms with Crippen molar-refractivity contribution in [1.82, 2.24) is 20.2 Å². The topological polar surface area (TPSA) is 87.3 Å². The number of methoxy groups -OCH3 is 1. The Labute approximate surface area is 142 Å². The third-order valence-corrected chi connectivity index (χ3v) is 4.07. The Morgan fingerprint density at radius 3 is 3.00 bits per heavy atom. The van der Waals surface area contributed by atoms with Crippen LogP contribution in [0.3, 0.4) is 0 Å². The van der Waals surface area contributed by atoms with Gasteiger partial charge < -0.3 is 19.9 Å². The van der Waals surface area contributed by atoms with Crippen molar-refractivity contribution in [2.75, 3.05) is 20.2 Å². The molecule has 0 unspecified atom stereocenters. The Balaban J connectivity index is 1.96. The summed E-state index contributed by atoms with van der Waals surface area (Å²) < 4.78 is 32.5. The molecule has 2 aromatic rings. The summed E-state index contributed by atoms with van der Waals surface area (Å²) in [6.45, 7) is -0.0690. The minimum absolute atomic E-state index is 0.00117. The number of halogens is 2. The molecule has 1 aliphatic heterocycles. The highest BCUT2D eigenvalue weighted by atomic mass is 19.2. The molecule has 25 heavy (non-hydrogen) atoms.